The average Bonchev–Trinajstić information content (AvgIpc) is 2.53. The number of ketones is 1. The average molecular weight is 387 g/mol. The molecule has 0 saturated heterocycles. The molecule has 0 spiro atoms. The molecular formula is C19H16Cl2N4O. The number of aromatic nitrogens is 2. The van der Waals surface area contributed by atoms with Crippen LogP contribution in [0.25, 0.3) is 0 Å². The van der Waals surface area contributed by atoms with Crippen molar-refractivity contribution in [2.24, 2.45) is 0 Å². The number of anilines is 4. The van der Waals surface area contributed by atoms with Crippen LogP contribution >= 0.6 is 23.2 Å². The first kappa shape index (κ1) is 18.2. The summed E-state index contributed by atoms with van der Waals surface area (Å²) in [6.45, 7) is 3.33. The first-order valence-electron chi connectivity index (χ1n) is 7.86. The lowest BCUT2D eigenvalue weighted by molar-refractivity contribution is 0.101. The zero-order valence-corrected chi connectivity index (χ0v) is 15.7. The third-order valence-electron chi connectivity index (χ3n) is 3.51. The highest BCUT2D eigenvalue weighted by Crippen LogP contribution is 2.26. The van der Waals surface area contributed by atoms with Gasteiger partial charge in [-0.3, -0.25) is 4.79 Å². The summed E-state index contributed by atoms with van der Waals surface area (Å²) in [5.74, 6) is 1.80. The molecule has 0 fully saturated rings. The van der Waals surface area contributed by atoms with Crippen molar-refractivity contribution in [3.63, 3.8) is 0 Å². The molecule has 2 aromatic carbocycles. The van der Waals surface area contributed by atoms with Crippen molar-refractivity contribution < 1.29 is 4.79 Å². The van der Waals surface area contributed by atoms with E-state index >= 15 is 0 Å². The van der Waals surface area contributed by atoms with Gasteiger partial charge in [0.25, 0.3) is 0 Å². The largest absolute Gasteiger partial charge is 0.340 e. The van der Waals surface area contributed by atoms with Gasteiger partial charge in [-0.05, 0) is 44.2 Å². The third kappa shape index (κ3) is 4.71. The SMILES string of the molecule is CC(=O)c1cccc(Nc2cc(Nc3cc(Cl)cc(Cl)c3)nc(C)n2)c1. The van der Waals surface area contributed by atoms with E-state index < -0.39 is 0 Å². The van der Waals surface area contributed by atoms with E-state index in [1.807, 2.05) is 12.1 Å². The molecule has 3 aromatic rings. The van der Waals surface area contributed by atoms with Crippen LogP contribution in [0.1, 0.15) is 23.1 Å². The van der Waals surface area contributed by atoms with Gasteiger partial charge in [0.1, 0.15) is 17.5 Å². The fourth-order valence-corrected chi connectivity index (χ4v) is 2.96. The van der Waals surface area contributed by atoms with Crippen LogP contribution in [0.5, 0.6) is 0 Å². The molecule has 1 heterocycles. The Bertz CT molecular complexity index is 955. The van der Waals surface area contributed by atoms with Crippen molar-refractivity contribution in [1.29, 1.82) is 0 Å². The monoisotopic (exact) mass is 386 g/mol. The van der Waals surface area contributed by atoms with Gasteiger partial charge >= 0.3 is 0 Å². The minimum atomic E-state index is 0.00714. The molecule has 0 amide bonds. The van der Waals surface area contributed by atoms with E-state index in [2.05, 4.69) is 20.6 Å². The number of hydrogen-bond acceptors (Lipinski definition) is 5. The zero-order chi connectivity index (χ0) is 18.7. The summed E-state index contributed by atoms with van der Waals surface area (Å²) in [6, 6.07) is 14.2. The number of nitrogens with one attached hydrogen (secondary N) is 2. The first-order valence-corrected chi connectivity index (χ1v) is 8.61. The normalized spacial score (nSPS) is 10.5. The van der Waals surface area contributed by atoms with Crippen molar-refractivity contribution >= 4 is 52.0 Å². The molecule has 0 radical (unpaired) electrons. The number of nitrogens with zero attached hydrogens (tertiary/aromatic N) is 2. The van der Waals surface area contributed by atoms with Crippen LogP contribution in [-0.2, 0) is 0 Å². The van der Waals surface area contributed by atoms with Gasteiger partial charge in [-0.15, -0.1) is 0 Å². The minimum absolute atomic E-state index is 0.00714. The number of aryl methyl sites for hydroxylation is 1. The van der Waals surface area contributed by atoms with Crippen molar-refractivity contribution in [3.8, 4) is 0 Å². The lowest BCUT2D eigenvalue weighted by atomic mass is 10.1. The highest BCUT2D eigenvalue weighted by molar-refractivity contribution is 6.35. The van der Waals surface area contributed by atoms with Gasteiger partial charge in [0.05, 0.1) is 0 Å². The molecule has 0 aliphatic heterocycles. The van der Waals surface area contributed by atoms with Crippen LogP contribution in [0.4, 0.5) is 23.0 Å². The first-order chi connectivity index (χ1) is 12.4. The van der Waals surface area contributed by atoms with E-state index in [9.17, 15) is 4.79 Å². The summed E-state index contributed by atoms with van der Waals surface area (Å²) in [5, 5.41) is 7.43. The third-order valence-corrected chi connectivity index (χ3v) is 3.95. The Morgan fingerprint density at radius 2 is 1.50 bits per heavy atom. The standard InChI is InChI=1S/C19H16Cl2N4O/c1-11(26)13-4-3-5-16(6-13)24-18-10-19(23-12(2)22-18)25-17-8-14(20)7-15(21)9-17/h3-10H,1-2H3,(H2,22,23,24,25). The molecule has 0 aliphatic carbocycles. The van der Waals surface area contributed by atoms with E-state index in [-0.39, 0.29) is 5.78 Å². The second kappa shape index (κ2) is 7.72. The number of rotatable bonds is 5. The minimum Gasteiger partial charge on any atom is -0.340 e. The maximum absolute atomic E-state index is 11.5. The van der Waals surface area contributed by atoms with E-state index in [0.29, 0.717) is 33.1 Å². The highest BCUT2D eigenvalue weighted by Gasteiger charge is 2.06. The summed E-state index contributed by atoms with van der Waals surface area (Å²) < 4.78 is 0. The number of benzene rings is 2. The number of carbonyl (C=O) groups excluding carboxylic acids is 1. The molecule has 132 valence electrons. The molecule has 0 bridgehead atoms. The fraction of sp³-hybridized carbons (Fsp3) is 0.105. The van der Waals surface area contributed by atoms with Crippen LogP contribution in [0.2, 0.25) is 10.0 Å². The van der Waals surface area contributed by atoms with Crippen molar-refractivity contribution in [1.82, 2.24) is 9.97 Å². The number of carbonyl (C=O) groups is 1. The van der Waals surface area contributed by atoms with Crippen LogP contribution in [0.15, 0.2) is 48.5 Å². The van der Waals surface area contributed by atoms with Crippen LogP contribution in [-0.4, -0.2) is 15.8 Å². The second-order valence-electron chi connectivity index (χ2n) is 5.73. The van der Waals surface area contributed by atoms with E-state index in [4.69, 9.17) is 23.2 Å². The smallest absolute Gasteiger partial charge is 0.159 e. The van der Waals surface area contributed by atoms with Gasteiger partial charge in [-0.25, -0.2) is 9.97 Å². The van der Waals surface area contributed by atoms with Gasteiger partial charge < -0.3 is 10.6 Å². The van der Waals surface area contributed by atoms with Crippen molar-refractivity contribution in [3.05, 3.63) is 70.0 Å². The predicted octanol–water partition coefficient (Wildman–Crippen LogP) is 5.78. The Balaban J connectivity index is 1.85. The lowest BCUT2D eigenvalue weighted by Crippen LogP contribution is -2.02. The maximum atomic E-state index is 11.5. The lowest BCUT2D eigenvalue weighted by Gasteiger charge is -2.11. The molecule has 0 atom stereocenters. The van der Waals surface area contributed by atoms with E-state index in [1.165, 1.54) is 6.92 Å². The Kier molecular flexibility index (Phi) is 5.40. The number of hydrogen-bond donors (Lipinski definition) is 2. The predicted molar refractivity (Wildman–Crippen MR) is 106 cm³/mol. The molecule has 5 nitrogen and oxygen atoms in total. The Hall–Kier alpha value is -2.63. The number of halogens is 2. The molecule has 3 rings (SSSR count). The summed E-state index contributed by atoms with van der Waals surface area (Å²) in [7, 11) is 0. The van der Waals surface area contributed by atoms with Gasteiger partial charge in [-0.1, -0.05) is 35.3 Å². The molecule has 0 aliphatic rings. The second-order valence-corrected chi connectivity index (χ2v) is 6.60. The van der Waals surface area contributed by atoms with Crippen LogP contribution in [0, 0.1) is 6.92 Å². The molecule has 7 heteroatoms. The summed E-state index contributed by atoms with van der Waals surface area (Å²) >= 11 is 12.1. The van der Waals surface area contributed by atoms with Gasteiger partial charge in [0.2, 0.25) is 0 Å². The topological polar surface area (TPSA) is 66.9 Å². The molecular weight excluding hydrogens is 371 g/mol. The summed E-state index contributed by atoms with van der Waals surface area (Å²) in [4.78, 5) is 20.3. The van der Waals surface area contributed by atoms with Crippen LogP contribution in [0.3, 0.4) is 0 Å². The molecule has 26 heavy (non-hydrogen) atoms. The molecule has 0 saturated carbocycles. The van der Waals surface area contributed by atoms with Gasteiger partial charge in [0.15, 0.2) is 5.78 Å². The summed E-state index contributed by atoms with van der Waals surface area (Å²) in [6.07, 6.45) is 0. The fourth-order valence-electron chi connectivity index (χ4n) is 2.43. The van der Waals surface area contributed by atoms with Gasteiger partial charge in [0, 0.05) is 33.0 Å². The van der Waals surface area contributed by atoms with Gasteiger partial charge in [-0.2, -0.15) is 0 Å². The molecule has 0 unspecified atom stereocenters. The molecule has 1 aromatic heterocycles. The molecule has 2 N–H and O–H groups in total. The quantitative estimate of drug-likeness (QED) is 0.543. The maximum Gasteiger partial charge on any atom is 0.159 e. The van der Waals surface area contributed by atoms with Crippen LogP contribution < -0.4 is 10.6 Å². The number of Topliss-reactive ketones (excluding diaryl/α,β-unsaturated/α-hetero) is 1. The Morgan fingerprint density at radius 3 is 2.12 bits per heavy atom. The van der Waals surface area contributed by atoms with E-state index in [1.54, 1.807) is 43.3 Å². The highest BCUT2D eigenvalue weighted by atomic mass is 35.5. The Morgan fingerprint density at radius 1 is 0.885 bits per heavy atom. The van der Waals surface area contributed by atoms with E-state index in [0.717, 1.165) is 11.4 Å². The van der Waals surface area contributed by atoms with Crippen molar-refractivity contribution in [2.75, 3.05) is 10.6 Å². The van der Waals surface area contributed by atoms with Crippen molar-refractivity contribution in [2.45, 2.75) is 13.8 Å². The zero-order valence-electron chi connectivity index (χ0n) is 14.2. The summed E-state index contributed by atoms with van der Waals surface area (Å²) in [5.41, 5.74) is 2.13. The Labute approximate surface area is 161 Å².